The fourth-order valence-corrected chi connectivity index (χ4v) is 3.37. The van der Waals surface area contributed by atoms with Gasteiger partial charge in [0.1, 0.15) is 0 Å². The van der Waals surface area contributed by atoms with E-state index in [1.165, 1.54) is 6.08 Å². The molecule has 0 saturated carbocycles. The molecule has 1 aliphatic heterocycles. The summed E-state index contributed by atoms with van der Waals surface area (Å²) in [7, 11) is 0. The number of aryl methyl sites for hydroxylation is 1. The highest BCUT2D eigenvalue weighted by molar-refractivity contribution is 5.95. The monoisotopic (exact) mass is 334 g/mol. The van der Waals surface area contributed by atoms with E-state index in [1.807, 2.05) is 61.5 Å². The summed E-state index contributed by atoms with van der Waals surface area (Å²) in [5, 5.41) is 3.00. The predicted molar refractivity (Wildman–Crippen MR) is 99.3 cm³/mol. The predicted octanol–water partition coefficient (Wildman–Crippen LogP) is 3.36. The van der Waals surface area contributed by atoms with Gasteiger partial charge < -0.3 is 10.2 Å². The Morgan fingerprint density at radius 1 is 1.12 bits per heavy atom. The molecule has 1 N–H and O–H groups in total. The van der Waals surface area contributed by atoms with Crippen molar-refractivity contribution in [3.05, 3.63) is 78.4 Å². The van der Waals surface area contributed by atoms with Gasteiger partial charge in [-0.3, -0.25) is 9.59 Å². The molecule has 0 radical (unpaired) electrons. The molecule has 1 fully saturated rings. The van der Waals surface area contributed by atoms with E-state index in [9.17, 15) is 9.59 Å². The van der Waals surface area contributed by atoms with Gasteiger partial charge in [0.25, 0.3) is 0 Å². The lowest BCUT2D eigenvalue weighted by atomic mass is 9.88. The Balaban J connectivity index is 1.83. The van der Waals surface area contributed by atoms with E-state index < -0.39 is 0 Å². The van der Waals surface area contributed by atoms with Gasteiger partial charge in [0.2, 0.25) is 11.8 Å². The van der Waals surface area contributed by atoms with Gasteiger partial charge in [-0.2, -0.15) is 0 Å². The lowest BCUT2D eigenvalue weighted by molar-refractivity contribution is -0.125. The number of amides is 2. The SMILES string of the molecule is C=CC(=O)N1C[C@@H](C(=O)Nc2cccc(C)c2)[C@H](c2ccccc2)C1. The molecule has 3 rings (SSSR count). The summed E-state index contributed by atoms with van der Waals surface area (Å²) in [5.74, 6) is -0.493. The van der Waals surface area contributed by atoms with Crippen molar-refractivity contribution in [3.63, 3.8) is 0 Å². The van der Waals surface area contributed by atoms with E-state index in [0.717, 1.165) is 16.8 Å². The molecule has 1 saturated heterocycles. The zero-order chi connectivity index (χ0) is 17.8. The third kappa shape index (κ3) is 3.79. The molecule has 2 amide bonds. The van der Waals surface area contributed by atoms with Crippen LogP contribution in [-0.2, 0) is 9.59 Å². The van der Waals surface area contributed by atoms with Gasteiger partial charge in [-0.25, -0.2) is 0 Å². The molecule has 25 heavy (non-hydrogen) atoms. The number of carbonyl (C=O) groups excluding carboxylic acids is 2. The van der Waals surface area contributed by atoms with Crippen molar-refractivity contribution in [3.8, 4) is 0 Å². The number of hydrogen-bond acceptors (Lipinski definition) is 2. The minimum Gasteiger partial charge on any atom is -0.338 e. The van der Waals surface area contributed by atoms with Crippen molar-refractivity contribution in [2.75, 3.05) is 18.4 Å². The number of anilines is 1. The van der Waals surface area contributed by atoms with Gasteiger partial charge in [0.05, 0.1) is 5.92 Å². The zero-order valence-corrected chi connectivity index (χ0v) is 14.3. The maximum absolute atomic E-state index is 12.9. The maximum Gasteiger partial charge on any atom is 0.245 e. The number of rotatable bonds is 4. The lowest BCUT2D eigenvalue weighted by Gasteiger charge is -2.18. The summed E-state index contributed by atoms with van der Waals surface area (Å²) in [5.41, 5.74) is 2.95. The third-order valence-corrected chi connectivity index (χ3v) is 4.66. The van der Waals surface area contributed by atoms with Gasteiger partial charge in [0, 0.05) is 24.7 Å². The first-order valence-corrected chi connectivity index (χ1v) is 8.42. The Labute approximate surface area is 148 Å². The molecule has 0 unspecified atom stereocenters. The average molecular weight is 334 g/mol. The van der Waals surface area contributed by atoms with Crippen LogP contribution in [0.2, 0.25) is 0 Å². The van der Waals surface area contributed by atoms with Crippen LogP contribution in [0.15, 0.2) is 67.3 Å². The summed E-state index contributed by atoms with van der Waals surface area (Å²) < 4.78 is 0. The Morgan fingerprint density at radius 2 is 1.88 bits per heavy atom. The number of nitrogens with zero attached hydrogens (tertiary/aromatic N) is 1. The Kier molecular flexibility index (Phi) is 4.98. The molecule has 1 heterocycles. The van der Waals surface area contributed by atoms with E-state index in [1.54, 1.807) is 4.90 Å². The molecule has 0 spiro atoms. The van der Waals surface area contributed by atoms with Crippen molar-refractivity contribution in [1.29, 1.82) is 0 Å². The molecular weight excluding hydrogens is 312 g/mol. The van der Waals surface area contributed by atoms with Crippen molar-refractivity contribution < 1.29 is 9.59 Å². The molecule has 2 atom stereocenters. The molecule has 2 aromatic rings. The highest BCUT2D eigenvalue weighted by Gasteiger charge is 2.39. The Hall–Kier alpha value is -2.88. The van der Waals surface area contributed by atoms with Crippen LogP contribution in [0, 0.1) is 12.8 Å². The number of nitrogens with one attached hydrogen (secondary N) is 1. The summed E-state index contributed by atoms with van der Waals surface area (Å²) in [6.45, 7) is 6.48. The number of likely N-dealkylation sites (tertiary alicyclic amines) is 1. The molecule has 4 nitrogen and oxygen atoms in total. The largest absolute Gasteiger partial charge is 0.338 e. The van der Waals surface area contributed by atoms with Crippen LogP contribution >= 0.6 is 0 Å². The molecule has 0 aliphatic carbocycles. The number of hydrogen-bond donors (Lipinski definition) is 1. The molecule has 4 heteroatoms. The van der Waals surface area contributed by atoms with Gasteiger partial charge in [0.15, 0.2) is 0 Å². The van der Waals surface area contributed by atoms with E-state index >= 15 is 0 Å². The minimum atomic E-state index is -0.285. The van der Waals surface area contributed by atoms with E-state index in [-0.39, 0.29) is 23.7 Å². The van der Waals surface area contributed by atoms with Crippen molar-refractivity contribution in [1.82, 2.24) is 4.90 Å². The second-order valence-corrected chi connectivity index (χ2v) is 6.43. The first-order valence-electron chi connectivity index (χ1n) is 8.42. The molecule has 0 bridgehead atoms. The van der Waals surface area contributed by atoms with Crippen LogP contribution in [0.3, 0.4) is 0 Å². The Bertz CT molecular complexity index is 785. The summed E-state index contributed by atoms with van der Waals surface area (Å²) >= 11 is 0. The fraction of sp³-hybridized carbons (Fsp3) is 0.238. The van der Waals surface area contributed by atoms with Crippen LogP contribution < -0.4 is 5.32 Å². The van der Waals surface area contributed by atoms with Crippen LogP contribution in [0.1, 0.15) is 17.0 Å². The van der Waals surface area contributed by atoms with Crippen LogP contribution in [0.5, 0.6) is 0 Å². The molecule has 128 valence electrons. The van der Waals surface area contributed by atoms with Gasteiger partial charge >= 0.3 is 0 Å². The standard InChI is InChI=1S/C21H22N2O2/c1-3-20(24)23-13-18(16-9-5-4-6-10-16)19(14-23)21(25)22-17-11-7-8-15(2)12-17/h3-12,18-19H,1,13-14H2,2H3,(H,22,25)/t18-,19+/m0/s1. The van der Waals surface area contributed by atoms with Gasteiger partial charge in [-0.1, -0.05) is 49.0 Å². The Morgan fingerprint density at radius 3 is 2.56 bits per heavy atom. The van der Waals surface area contributed by atoms with Crippen molar-refractivity contribution in [2.45, 2.75) is 12.8 Å². The third-order valence-electron chi connectivity index (χ3n) is 4.66. The lowest BCUT2D eigenvalue weighted by Crippen LogP contribution is -2.30. The van der Waals surface area contributed by atoms with Gasteiger partial charge in [-0.05, 0) is 36.3 Å². The minimum absolute atomic E-state index is 0.0186. The highest BCUT2D eigenvalue weighted by atomic mass is 16.2. The first-order chi connectivity index (χ1) is 12.1. The second kappa shape index (κ2) is 7.34. The van der Waals surface area contributed by atoms with Crippen LogP contribution in [-0.4, -0.2) is 29.8 Å². The van der Waals surface area contributed by atoms with Crippen LogP contribution in [0.4, 0.5) is 5.69 Å². The number of benzene rings is 2. The molecule has 0 aromatic heterocycles. The number of carbonyl (C=O) groups is 2. The van der Waals surface area contributed by atoms with Gasteiger partial charge in [-0.15, -0.1) is 0 Å². The first kappa shape index (κ1) is 17.0. The quantitative estimate of drug-likeness (QED) is 0.872. The van der Waals surface area contributed by atoms with E-state index in [4.69, 9.17) is 0 Å². The second-order valence-electron chi connectivity index (χ2n) is 6.43. The van der Waals surface area contributed by atoms with E-state index in [0.29, 0.717) is 13.1 Å². The summed E-state index contributed by atoms with van der Waals surface area (Å²) in [4.78, 5) is 26.6. The fourth-order valence-electron chi connectivity index (χ4n) is 3.37. The normalized spacial score (nSPS) is 19.5. The van der Waals surface area contributed by atoms with Crippen molar-refractivity contribution in [2.24, 2.45) is 5.92 Å². The van der Waals surface area contributed by atoms with E-state index in [2.05, 4.69) is 11.9 Å². The highest BCUT2D eigenvalue weighted by Crippen LogP contribution is 2.33. The topological polar surface area (TPSA) is 49.4 Å². The smallest absolute Gasteiger partial charge is 0.245 e. The summed E-state index contributed by atoms with van der Waals surface area (Å²) in [6, 6.07) is 17.6. The van der Waals surface area contributed by atoms with Crippen molar-refractivity contribution >= 4 is 17.5 Å². The maximum atomic E-state index is 12.9. The molecule has 1 aliphatic rings. The molecular formula is C21H22N2O2. The molecule has 2 aromatic carbocycles. The average Bonchev–Trinajstić information content (AvgIpc) is 3.07. The summed E-state index contributed by atoms with van der Waals surface area (Å²) in [6.07, 6.45) is 1.31. The zero-order valence-electron chi connectivity index (χ0n) is 14.3. The van der Waals surface area contributed by atoms with Crippen LogP contribution in [0.25, 0.3) is 0 Å².